The topological polar surface area (TPSA) is 46.3 Å². The normalized spacial score (nSPS) is 14.4. The van der Waals surface area contributed by atoms with Gasteiger partial charge in [0.2, 0.25) is 0 Å². The lowest BCUT2D eigenvalue weighted by atomic mass is 10.2. The van der Waals surface area contributed by atoms with Crippen molar-refractivity contribution in [3.63, 3.8) is 0 Å². The van der Waals surface area contributed by atoms with E-state index in [1.54, 1.807) is 12.3 Å². The quantitative estimate of drug-likeness (QED) is 0.868. The summed E-state index contributed by atoms with van der Waals surface area (Å²) >= 11 is 3.26. The largest absolute Gasteiger partial charge is 0.457 e. The zero-order valence-corrected chi connectivity index (χ0v) is 11.8. The van der Waals surface area contributed by atoms with Crippen LogP contribution in [0.15, 0.2) is 45.8 Å². The third-order valence-corrected chi connectivity index (χ3v) is 3.77. The summed E-state index contributed by atoms with van der Waals surface area (Å²) in [5, 5.41) is 0. The van der Waals surface area contributed by atoms with Gasteiger partial charge in [-0.25, -0.2) is 0 Å². The average molecular weight is 321 g/mol. The van der Waals surface area contributed by atoms with Crippen LogP contribution < -0.4 is 0 Å². The molecule has 2 aromatic heterocycles. The molecule has 19 heavy (non-hydrogen) atoms. The van der Waals surface area contributed by atoms with Crippen LogP contribution in [0.1, 0.15) is 28.9 Å². The minimum absolute atomic E-state index is 0.00576. The fraction of sp³-hybridized carbons (Fsp3) is 0.286. The zero-order valence-electron chi connectivity index (χ0n) is 10.3. The Morgan fingerprint density at radius 2 is 2.26 bits per heavy atom. The maximum absolute atomic E-state index is 12.5. The summed E-state index contributed by atoms with van der Waals surface area (Å²) in [5.74, 6) is -0.00576. The van der Waals surface area contributed by atoms with Crippen molar-refractivity contribution >= 4 is 21.8 Å². The van der Waals surface area contributed by atoms with E-state index >= 15 is 0 Å². The number of rotatable bonds is 4. The lowest BCUT2D eigenvalue weighted by Crippen LogP contribution is -2.32. The summed E-state index contributed by atoms with van der Waals surface area (Å²) in [6.07, 6.45) is 5.39. The molecule has 4 nitrogen and oxygen atoms in total. The average Bonchev–Trinajstić information content (AvgIpc) is 3.18. The monoisotopic (exact) mass is 320 g/mol. The van der Waals surface area contributed by atoms with E-state index in [0.29, 0.717) is 22.8 Å². The number of aromatic nitrogens is 1. The van der Waals surface area contributed by atoms with E-state index in [1.165, 1.54) is 6.26 Å². The van der Waals surface area contributed by atoms with Crippen molar-refractivity contribution in [1.82, 2.24) is 9.88 Å². The molecule has 5 heteroatoms. The fourth-order valence-electron chi connectivity index (χ4n) is 2.02. The number of hydrogen-bond donors (Lipinski definition) is 0. The fourth-order valence-corrected chi connectivity index (χ4v) is 2.43. The Kier molecular flexibility index (Phi) is 3.38. The molecule has 1 saturated carbocycles. The standard InChI is InChI=1S/C14H13BrN2O2/c15-13-12(6-8-19-13)14(18)17(11-4-5-11)9-10-3-1-2-7-16-10/h1-3,6-8,11H,4-5,9H2. The van der Waals surface area contributed by atoms with Crippen molar-refractivity contribution in [2.75, 3.05) is 0 Å². The molecule has 98 valence electrons. The molecule has 0 spiro atoms. The Labute approximate surface area is 119 Å². The Balaban J connectivity index is 1.82. The zero-order chi connectivity index (χ0) is 13.2. The predicted molar refractivity (Wildman–Crippen MR) is 73.5 cm³/mol. The summed E-state index contributed by atoms with van der Waals surface area (Å²) in [5.41, 5.74) is 1.48. The van der Waals surface area contributed by atoms with Gasteiger partial charge in [0.15, 0.2) is 4.67 Å². The molecule has 1 amide bonds. The third-order valence-electron chi connectivity index (χ3n) is 3.16. The Hall–Kier alpha value is -1.62. The van der Waals surface area contributed by atoms with E-state index in [1.807, 2.05) is 23.1 Å². The lowest BCUT2D eigenvalue weighted by molar-refractivity contribution is 0.0725. The first-order chi connectivity index (χ1) is 9.25. The molecule has 0 radical (unpaired) electrons. The van der Waals surface area contributed by atoms with Crippen LogP contribution >= 0.6 is 15.9 Å². The first kappa shape index (κ1) is 12.4. The van der Waals surface area contributed by atoms with Gasteiger partial charge in [-0.1, -0.05) is 6.07 Å². The molecular formula is C14H13BrN2O2. The van der Waals surface area contributed by atoms with Gasteiger partial charge in [-0.15, -0.1) is 0 Å². The molecule has 0 aliphatic heterocycles. The highest BCUT2D eigenvalue weighted by Crippen LogP contribution is 2.31. The minimum atomic E-state index is -0.00576. The summed E-state index contributed by atoms with van der Waals surface area (Å²) in [4.78, 5) is 18.7. The summed E-state index contributed by atoms with van der Waals surface area (Å²) < 4.78 is 5.63. The highest BCUT2D eigenvalue weighted by Gasteiger charge is 2.34. The highest BCUT2D eigenvalue weighted by atomic mass is 79.9. The SMILES string of the molecule is O=C(c1ccoc1Br)N(Cc1ccccn1)C1CC1. The van der Waals surface area contributed by atoms with Crippen molar-refractivity contribution in [2.45, 2.75) is 25.4 Å². The van der Waals surface area contributed by atoms with Crippen molar-refractivity contribution in [1.29, 1.82) is 0 Å². The minimum Gasteiger partial charge on any atom is -0.457 e. The van der Waals surface area contributed by atoms with Gasteiger partial charge in [-0.2, -0.15) is 0 Å². The number of halogens is 1. The Morgan fingerprint density at radius 1 is 1.42 bits per heavy atom. The van der Waals surface area contributed by atoms with E-state index in [9.17, 15) is 4.79 Å². The van der Waals surface area contributed by atoms with Crippen LogP contribution in [0.25, 0.3) is 0 Å². The first-order valence-corrected chi connectivity index (χ1v) is 6.99. The van der Waals surface area contributed by atoms with Gasteiger partial charge in [0.25, 0.3) is 5.91 Å². The van der Waals surface area contributed by atoms with Gasteiger partial charge in [-0.3, -0.25) is 9.78 Å². The number of carbonyl (C=O) groups excluding carboxylic acids is 1. The summed E-state index contributed by atoms with van der Waals surface area (Å²) in [6, 6.07) is 7.77. The lowest BCUT2D eigenvalue weighted by Gasteiger charge is -2.21. The number of carbonyl (C=O) groups is 1. The molecule has 1 aliphatic carbocycles. The first-order valence-electron chi connectivity index (χ1n) is 6.19. The Morgan fingerprint density at radius 3 is 2.84 bits per heavy atom. The molecule has 3 rings (SSSR count). The van der Waals surface area contributed by atoms with Crippen LogP contribution in [0.5, 0.6) is 0 Å². The van der Waals surface area contributed by atoms with Gasteiger partial charge in [0.1, 0.15) is 0 Å². The molecule has 0 atom stereocenters. The summed E-state index contributed by atoms with van der Waals surface area (Å²) in [7, 11) is 0. The molecule has 2 heterocycles. The molecule has 0 saturated heterocycles. The van der Waals surface area contributed by atoms with Crippen LogP contribution in [0.4, 0.5) is 0 Å². The second kappa shape index (κ2) is 5.17. The molecule has 0 unspecified atom stereocenters. The Bertz CT molecular complexity index is 578. The predicted octanol–water partition coefficient (Wildman–Crippen LogP) is 3.24. The molecule has 0 aromatic carbocycles. The van der Waals surface area contributed by atoms with Crippen LogP contribution in [-0.2, 0) is 6.54 Å². The van der Waals surface area contributed by atoms with E-state index in [0.717, 1.165) is 18.5 Å². The summed E-state index contributed by atoms with van der Waals surface area (Å²) in [6.45, 7) is 0.544. The van der Waals surface area contributed by atoms with E-state index < -0.39 is 0 Å². The smallest absolute Gasteiger partial charge is 0.258 e. The molecule has 2 aromatic rings. The highest BCUT2D eigenvalue weighted by molar-refractivity contribution is 9.10. The van der Waals surface area contributed by atoms with Crippen LogP contribution in [-0.4, -0.2) is 21.8 Å². The second-order valence-electron chi connectivity index (χ2n) is 4.59. The number of nitrogens with zero attached hydrogens (tertiary/aromatic N) is 2. The molecule has 0 N–H and O–H groups in total. The number of pyridine rings is 1. The van der Waals surface area contributed by atoms with Crippen LogP contribution in [0, 0.1) is 0 Å². The second-order valence-corrected chi connectivity index (χ2v) is 5.31. The van der Waals surface area contributed by atoms with Gasteiger partial charge >= 0.3 is 0 Å². The number of amides is 1. The molecule has 0 bridgehead atoms. The van der Waals surface area contributed by atoms with Gasteiger partial charge < -0.3 is 9.32 Å². The molecular weight excluding hydrogens is 308 g/mol. The van der Waals surface area contributed by atoms with Crippen LogP contribution in [0.2, 0.25) is 0 Å². The van der Waals surface area contributed by atoms with Crippen LogP contribution in [0.3, 0.4) is 0 Å². The third kappa shape index (κ3) is 2.71. The van der Waals surface area contributed by atoms with E-state index in [2.05, 4.69) is 20.9 Å². The molecule has 1 aliphatic rings. The van der Waals surface area contributed by atoms with E-state index in [4.69, 9.17) is 4.42 Å². The maximum atomic E-state index is 12.5. The maximum Gasteiger partial charge on any atom is 0.258 e. The number of hydrogen-bond acceptors (Lipinski definition) is 3. The molecule has 1 fully saturated rings. The van der Waals surface area contributed by atoms with Crippen molar-refractivity contribution in [2.24, 2.45) is 0 Å². The van der Waals surface area contributed by atoms with Gasteiger partial charge in [0, 0.05) is 12.2 Å². The van der Waals surface area contributed by atoms with Crippen molar-refractivity contribution in [3.05, 3.63) is 52.7 Å². The van der Waals surface area contributed by atoms with E-state index in [-0.39, 0.29) is 5.91 Å². The van der Waals surface area contributed by atoms with Gasteiger partial charge in [0.05, 0.1) is 24.1 Å². The van der Waals surface area contributed by atoms with Gasteiger partial charge in [-0.05, 0) is 47.0 Å². The number of furan rings is 1. The van der Waals surface area contributed by atoms with Crippen molar-refractivity contribution in [3.8, 4) is 0 Å². The van der Waals surface area contributed by atoms with Crippen molar-refractivity contribution < 1.29 is 9.21 Å².